The molecule has 1 aliphatic heterocycles. The number of hydrogen-bond acceptors (Lipinski definition) is 4. The van der Waals surface area contributed by atoms with Crippen LogP contribution in [0, 0.1) is 11.8 Å². The zero-order valence-corrected chi connectivity index (χ0v) is 15.2. The van der Waals surface area contributed by atoms with Gasteiger partial charge in [0.15, 0.2) is 0 Å². The fourth-order valence-corrected chi connectivity index (χ4v) is 3.06. The zero-order valence-electron chi connectivity index (χ0n) is 15.2. The van der Waals surface area contributed by atoms with Crippen molar-refractivity contribution >= 4 is 11.6 Å². The number of carbonyl (C=O) groups excluding carboxylic acids is 1. The fraction of sp³-hybridized carbons (Fsp3) is 0.632. The summed E-state index contributed by atoms with van der Waals surface area (Å²) in [5.41, 5.74) is 0.831. The first-order chi connectivity index (χ1) is 11.5. The number of rotatable bonds is 8. The number of ether oxygens (including phenoxy) is 1. The topological polar surface area (TPSA) is 53.6 Å². The molecule has 2 rings (SSSR count). The molecule has 5 heteroatoms. The molecule has 24 heavy (non-hydrogen) atoms. The van der Waals surface area contributed by atoms with E-state index in [4.69, 9.17) is 4.74 Å². The lowest BCUT2D eigenvalue weighted by Crippen LogP contribution is -2.32. The van der Waals surface area contributed by atoms with Crippen LogP contribution in [0.1, 0.15) is 26.2 Å². The number of benzene rings is 1. The Morgan fingerprint density at radius 3 is 2.58 bits per heavy atom. The summed E-state index contributed by atoms with van der Waals surface area (Å²) in [6.07, 6.45) is 2.94. The lowest BCUT2D eigenvalue weighted by Gasteiger charge is -2.27. The Kier molecular flexibility index (Phi) is 7.53. The smallest absolute Gasteiger partial charge is 0.224 e. The molecule has 0 aromatic heterocycles. The third-order valence-electron chi connectivity index (χ3n) is 4.64. The Morgan fingerprint density at radius 2 is 1.96 bits per heavy atom. The largest absolute Gasteiger partial charge is 0.492 e. The Labute approximate surface area is 145 Å². The van der Waals surface area contributed by atoms with E-state index in [0.717, 1.165) is 31.1 Å². The lowest BCUT2D eigenvalue weighted by molar-refractivity contribution is -0.117. The third kappa shape index (κ3) is 6.49. The van der Waals surface area contributed by atoms with Crippen molar-refractivity contribution in [3.8, 4) is 5.75 Å². The van der Waals surface area contributed by atoms with Crippen molar-refractivity contribution in [1.29, 1.82) is 0 Å². The molecule has 1 aliphatic rings. The minimum absolute atomic E-state index is 0.0994. The molecular weight excluding hydrogens is 302 g/mol. The number of anilines is 1. The van der Waals surface area contributed by atoms with Crippen LogP contribution in [0.5, 0.6) is 5.75 Å². The van der Waals surface area contributed by atoms with Crippen LogP contribution in [0.25, 0.3) is 0 Å². The third-order valence-corrected chi connectivity index (χ3v) is 4.64. The van der Waals surface area contributed by atoms with Gasteiger partial charge in [0.05, 0.1) is 0 Å². The van der Waals surface area contributed by atoms with E-state index in [1.54, 1.807) is 0 Å². The van der Waals surface area contributed by atoms with Crippen molar-refractivity contribution < 1.29 is 9.53 Å². The van der Waals surface area contributed by atoms with Gasteiger partial charge in [0, 0.05) is 18.7 Å². The SMILES string of the molecule is CC(CC(=O)Nc1ccc(OCCN(C)C)cc1)C1CCNCC1. The summed E-state index contributed by atoms with van der Waals surface area (Å²) >= 11 is 0. The van der Waals surface area contributed by atoms with Gasteiger partial charge in [-0.2, -0.15) is 0 Å². The molecule has 1 amide bonds. The molecule has 5 nitrogen and oxygen atoms in total. The molecule has 1 aromatic carbocycles. The maximum absolute atomic E-state index is 12.2. The van der Waals surface area contributed by atoms with Gasteiger partial charge in [0.1, 0.15) is 12.4 Å². The average molecular weight is 333 g/mol. The maximum atomic E-state index is 12.2. The first-order valence-electron chi connectivity index (χ1n) is 8.93. The number of piperidine rings is 1. The Hall–Kier alpha value is -1.59. The van der Waals surface area contributed by atoms with Crippen LogP contribution in [0.15, 0.2) is 24.3 Å². The number of nitrogens with one attached hydrogen (secondary N) is 2. The summed E-state index contributed by atoms with van der Waals surface area (Å²) < 4.78 is 5.66. The number of nitrogens with zero attached hydrogens (tertiary/aromatic N) is 1. The molecule has 1 unspecified atom stereocenters. The summed E-state index contributed by atoms with van der Waals surface area (Å²) in [4.78, 5) is 14.3. The molecule has 1 fully saturated rings. The highest BCUT2D eigenvalue weighted by atomic mass is 16.5. The second kappa shape index (κ2) is 9.64. The average Bonchev–Trinajstić information content (AvgIpc) is 2.57. The number of hydrogen-bond donors (Lipinski definition) is 2. The van der Waals surface area contributed by atoms with E-state index < -0.39 is 0 Å². The van der Waals surface area contributed by atoms with Crippen LogP contribution in [0.2, 0.25) is 0 Å². The van der Waals surface area contributed by atoms with Gasteiger partial charge in [-0.15, -0.1) is 0 Å². The maximum Gasteiger partial charge on any atom is 0.224 e. The van der Waals surface area contributed by atoms with E-state index in [1.807, 2.05) is 38.4 Å². The van der Waals surface area contributed by atoms with E-state index >= 15 is 0 Å². The summed E-state index contributed by atoms with van der Waals surface area (Å²) in [6, 6.07) is 7.61. The van der Waals surface area contributed by atoms with E-state index in [0.29, 0.717) is 24.9 Å². The Bertz CT molecular complexity index is 496. The van der Waals surface area contributed by atoms with E-state index in [9.17, 15) is 4.79 Å². The minimum Gasteiger partial charge on any atom is -0.492 e. The van der Waals surface area contributed by atoms with Crippen LogP contribution in [-0.4, -0.2) is 51.1 Å². The molecular formula is C19H31N3O2. The molecule has 134 valence electrons. The summed E-state index contributed by atoms with van der Waals surface area (Å²) in [5, 5.41) is 6.37. The molecule has 1 aromatic rings. The van der Waals surface area contributed by atoms with Crippen molar-refractivity contribution in [3.63, 3.8) is 0 Å². The molecule has 1 saturated heterocycles. The molecule has 0 bridgehead atoms. The van der Waals surface area contributed by atoms with Crippen molar-refractivity contribution in [1.82, 2.24) is 10.2 Å². The molecule has 1 atom stereocenters. The van der Waals surface area contributed by atoms with Gasteiger partial charge < -0.3 is 20.3 Å². The lowest BCUT2D eigenvalue weighted by atomic mass is 9.84. The molecule has 0 aliphatic carbocycles. The molecule has 0 saturated carbocycles. The Balaban J connectivity index is 1.74. The molecule has 0 radical (unpaired) electrons. The standard InChI is InChI=1S/C19H31N3O2/c1-15(16-8-10-20-11-9-16)14-19(23)21-17-4-6-18(7-5-17)24-13-12-22(2)3/h4-7,15-16,20H,8-14H2,1-3H3,(H,21,23). The first-order valence-corrected chi connectivity index (χ1v) is 8.93. The second-order valence-electron chi connectivity index (χ2n) is 6.99. The van der Waals surface area contributed by atoms with Gasteiger partial charge in [-0.3, -0.25) is 4.79 Å². The van der Waals surface area contributed by atoms with Crippen LogP contribution >= 0.6 is 0 Å². The highest BCUT2D eigenvalue weighted by molar-refractivity contribution is 5.90. The summed E-state index contributed by atoms with van der Waals surface area (Å²) in [5.74, 6) is 2.02. The van der Waals surface area contributed by atoms with Gasteiger partial charge in [-0.05, 0) is 76.1 Å². The highest BCUT2D eigenvalue weighted by Gasteiger charge is 2.21. The number of carbonyl (C=O) groups is 1. The predicted octanol–water partition coefficient (Wildman–Crippen LogP) is 2.59. The number of amides is 1. The van der Waals surface area contributed by atoms with Crippen LogP contribution in [0.3, 0.4) is 0 Å². The molecule has 2 N–H and O–H groups in total. The van der Waals surface area contributed by atoms with Gasteiger partial charge in [0.25, 0.3) is 0 Å². The van der Waals surface area contributed by atoms with E-state index in [2.05, 4.69) is 22.5 Å². The van der Waals surface area contributed by atoms with E-state index in [-0.39, 0.29) is 5.91 Å². The van der Waals surface area contributed by atoms with Gasteiger partial charge in [-0.25, -0.2) is 0 Å². The summed E-state index contributed by atoms with van der Waals surface area (Å²) in [6.45, 7) is 5.88. The predicted molar refractivity (Wildman–Crippen MR) is 98.5 cm³/mol. The first kappa shape index (κ1) is 18.7. The summed E-state index contributed by atoms with van der Waals surface area (Å²) in [7, 11) is 4.04. The van der Waals surface area contributed by atoms with Crippen LogP contribution < -0.4 is 15.4 Å². The normalized spacial score (nSPS) is 16.8. The fourth-order valence-electron chi connectivity index (χ4n) is 3.06. The van der Waals surface area contributed by atoms with Gasteiger partial charge in [0.2, 0.25) is 5.91 Å². The number of likely N-dealkylation sites (N-methyl/N-ethyl adjacent to an activating group) is 1. The van der Waals surface area contributed by atoms with Crippen molar-refractivity contribution in [2.45, 2.75) is 26.2 Å². The minimum atomic E-state index is 0.0994. The van der Waals surface area contributed by atoms with Crippen LogP contribution in [-0.2, 0) is 4.79 Å². The quantitative estimate of drug-likeness (QED) is 0.768. The van der Waals surface area contributed by atoms with Crippen molar-refractivity contribution in [3.05, 3.63) is 24.3 Å². The van der Waals surface area contributed by atoms with Crippen molar-refractivity contribution in [2.75, 3.05) is 45.7 Å². The van der Waals surface area contributed by atoms with Crippen LogP contribution in [0.4, 0.5) is 5.69 Å². The van der Waals surface area contributed by atoms with Crippen molar-refractivity contribution in [2.24, 2.45) is 11.8 Å². The molecule has 1 heterocycles. The molecule has 0 spiro atoms. The highest BCUT2D eigenvalue weighted by Crippen LogP contribution is 2.25. The van der Waals surface area contributed by atoms with Gasteiger partial charge >= 0.3 is 0 Å². The second-order valence-corrected chi connectivity index (χ2v) is 6.99. The monoisotopic (exact) mass is 333 g/mol. The van der Waals surface area contributed by atoms with Gasteiger partial charge in [-0.1, -0.05) is 6.92 Å². The van der Waals surface area contributed by atoms with E-state index in [1.165, 1.54) is 12.8 Å². The Morgan fingerprint density at radius 1 is 1.29 bits per heavy atom. The zero-order chi connectivity index (χ0) is 17.4.